The lowest BCUT2D eigenvalue weighted by Crippen LogP contribution is -2.32. The van der Waals surface area contributed by atoms with Crippen LogP contribution < -0.4 is 5.32 Å². The van der Waals surface area contributed by atoms with E-state index in [9.17, 15) is 9.59 Å². The molecule has 1 amide bonds. The van der Waals surface area contributed by atoms with Crippen molar-refractivity contribution in [1.82, 2.24) is 5.32 Å². The van der Waals surface area contributed by atoms with Gasteiger partial charge in [-0.3, -0.25) is 9.59 Å². The number of nitrogens with one attached hydrogen (secondary N) is 1. The van der Waals surface area contributed by atoms with E-state index < -0.39 is 17.3 Å². The first-order valence-corrected chi connectivity index (χ1v) is 6.49. The van der Waals surface area contributed by atoms with Gasteiger partial charge in [-0.2, -0.15) is 0 Å². The number of carbonyl (C=O) groups excluding carboxylic acids is 1. The minimum atomic E-state index is -0.866. The molecule has 2 rings (SSSR count). The van der Waals surface area contributed by atoms with Crippen LogP contribution >= 0.6 is 0 Å². The van der Waals surface area contributed by atoms with E-state index in [2.05, 4.69) is 33.0 Å². The van der Waals surface area contributed by atoms with Gasteiger partial charge in [-0.05, 0) is 16.2 Å². The molecule has 0 heterocycles. The summed E-state index contributed by atoms with van der Waals surface area (Å²) in [6, 6.07) is 0.142. The molecule has 2 aliphatic rings. The van der Waals surface area contributed by atoms with Gasteiger partial charge in [0.15, 0.2) is 0 Å². The molecule has 0 saturated heterocycles. The van der Waals surface area contributed by atoms with Gasteiger partial charge in [-0.1, -0.05) is 41.5 Å². The maximum atomic E-state index is 12.2. The summed E-state index contributed by atoms with van der Waals surface area (Å²) >= 11 is 0. The highest BCUT2D eigenvalue weighted by atomic mass is 16.4. The van der Waals surface area contributed by atoms with Crippen molar-refractivity contribution >= 4 is 11.9 Å². The summed E-state index contributed by atoms with van der Waals surface area (Å²) in [5, 5.41) is 12.1. The maximum absolute atomic E-state index is 12.2. The summed E-state index contributed by atoms with van der Waals surface area (Å²) in [4.78, 5) is 23.3. The van der Waals surface area contributed by atoms with Crippen molar-refractivity contribution in [3.63, 3.8) is 0 Å². The molecular weight excluding hydrogens is 230 g/mol. The Morgan fingerprint density at radius 1 is 0.944 bits per heavy atom. The highest BCUT2D eigenvalue weighted by molar-refractivity contribution is 5.92. The van der Waals surface area contributed by atoms with E-state index in [1.165, 1.54) is 0 Å². The number of carboxylic acid groups (broad SMARTS) is 1. The van der Waals surface area contributed by atoms with Crippen LogP contribution in [-0.2, 0) is 9.59 Å². The van der Waals surface area contributed by atoms with Crippen molar-refractivity contribution in [3.05, 3.63) is 0 Å². The van der Waals surface area contributed by atoms with Crippen LogP contribution in [0.4, 0.5) is 0 Å². The molecule has 0 spiro atoms. The Morgan fingerprint density at radius 3 is 1.67 bits per heavy atom. The van der Waals surface area contributed by atoms with Crippen molar-refractivity contribution in [2.24, 2.45) is 28.1 Å². The minimum absolute atomic E-state index is 0.0837. The van der Waals surface area contributed by atoms with Gasteiger partial charge in [-0.15, -0.1) is 0 Å². The Bertz CT molecular complexity index is 409. The summed E-state index contributed by atoms with van der Waals surface area (Å²) in [6.45, 7) is 12.2. The first-order valence-electron chi connectivity index (χ1n) is 6.49. The third-order valence-electron chi connectivity index (χ3n) is 5.68. The van der Waals surface area contributed by atoms with Crippen LogP contribution in [0.25, 0.3) is 0 Å². The molecule has 4 heteroatoms. The van der Waals surface area contributed by atoms with Crippen molar-refractivity contribution in [2.45, 2.75) is 47.6 Å². The van der Waals surface area contributed by atoms with E-state index in [-0.39, 0.29) is 28.7 Å². The maximum Gasteiger partial charge on any atom is 0.307 e. The van der Waals surface area contributed by atoms with E-state index >= 15 is 0 Å². The second-order valence-corrected chi connectivity index (χ2v) is 7.50. The zero-order valence-electron chi connectivity index (χ0n) is 12.0. The fourth-order valence-corrected chi connectivity index (χ4v) is 3.38. The number of hydrogen-bond donors (Lipinski definition) is 2. The second kappa shape index (κ2) is 3.28. The quantitative estimate of drug-likeness (QED) is 0.807. The zero-order chi connectivity index (χ0) is 14.1. The number of rotatable bonds is 3. The molecule has 102 valence electrons. The Hall–Kier alpha value is -1.06. The highest BCUT2D eigenvalue weighted by Gasteiger charge is 2.69. The lowest BCUT2D eigenvalue weighted by Gasteiger charge is -2.07. The largest absolute Gasteiger partial charge is 0.481 e. The highest BCUT2D eigenvalue weighted by Crippen LogP contribution is 2.64. The molecule has 0 unspecified atom stereocenters. The van der Waals surface area contributed by atoms with E-state index in [0.717, 1.165) is 0 Å². The third-order valence-corrected chi connectivity index (χ3v) is 5.68. The monoisotopic (exact) mass is 253 g/mol. The summed E-state index contributed by atoms with van der Waals surface area (Å²) in [7, 11) is 0. The molecule has 0 aromatic heterocycles. The molecule has 2 saturated carbocycles. The first kappa shape index (κ1) is 13.4. The van der Waals surface area contributed by atoms with Crippen LogP contribution in [0.5, 0.6) is 0 Å². The first-order chi connectivity index (χ1) is 7.95. The van der Waals surface area contributed by atoms with Gasteiger partial charge < -0.3 is 10.4 Å². The molecule has 2 fully saturated rings. The number of amides is 1. The van der Waals surface area contributed by atoms with Gasteiger partial charge in [-0.25, -0.2) is 0 Å². The molecule has 18 heavy (non-hydrogen) atoms. The van der Waals surface area contributed by atoms with Gasteiger partial charge in [0.25, 0.3) is 0 Å². The molecular formula is C14H23NO3. The summed E-state index contributed by atoms with van der Waals surface area (Å²) in [5.41, 5.74) is -0.250. The standard InChI is InChI=1S/C14H23NO3/c1-12(2)7(8(12)10(17)18)9(16)15-11-13(3,4)14(11,5)6/h7-8,11H,1-6H3,(H,15,16)(H,17,18)/t7-,8+/m1/s1. The smallest absolute Gasteiger partial charge is 0.307 e. The second-order valence-electron chi connectivity index (χ2n) is 7.50. The van der Waals surface area contributed by atoms with E-state index in [1.807, 2.05) is 13.8 Å². The third kappa shape index (κ3) is 1.50. The SMILES string of the molecule is CC1(C)[C@H](C(=O)O)[C@@H]1C(=O)NC1C(C)(C)C1(C)C. The van der Waals surface area contributed by atoms with Crippen molar-refractivity contribution in [2.75, 3.05) is 0 Å². The Balaban J connectivity index is 2.02. The molecule has 0 aromatic carbocycles. The number of aliphatic carboxylic acids is 1. The molecule has 2 atom stereocenters. The molecule has 2 N–H and O–H groups in total. The molecule has 4 nitrogen and oxygen atoms in total. The lowest BCUT2D eigenvalue weighted by atomic mass is 10.0. The molecule has 0 aliphatic heterocycles. The Morgan fingerprint density at radius 2 is 1.39 bits per heavy atom. The topological polar surface area (TPSA) is 66.4 Å². The summed E-state index contributed by atoms with van der Waals surface area (Å²) in [5.74, 6) is -1.89. The molecule has 2 aliphatic carbocycles. The molecule has 0 aromatic rings. The zero-order valence-corrected chi connectivity index (χ0v) is 12.0. The van der Waals surface area contributed by atoms with Gasteiger partial charge in [0.2, 0.25) is 5.91 Å². The van der Waals surface area contributed by atoms with E-state index in [0.29, 0.717) is 0 Å². The van der Waals surface area contributed by atoms with Crippen LogP contribution in [-0.4, -0.2) is 23.0 Å². The number of hydrogen-bond acceptors (Lipinski definition) is 2. The van der Waals surface area contributed by atoms with Gasteiger partial charge in [0, 0.05) is 6.04 Å². The lowest BCUT2D eigenvalue weighted by molar-refractivity contribution is -0.140. The average molecular weight is 253 g/mol. The number of carboxylic acids is 1. The predicted molar refractivity (Wildman–Crippen MR) is 67.9 cm³/mol. The molecule has 0 radical (unpaired) electrons. The van der Waals surface area contributed by atoms with Gasteiger partial charge in [0.05, 0.1) is 11.8 Å². The normalized spacial score (nSPS) is 34.8. The summed E-state index contributed by atoms with van der Waals surface area (Å²) < 4.78 is 0. The Labute approximate surface area is 108 Å². The fraction of sp³-hybridized carbons (Fsp3) is 0.857. The van der Waals surface area contributed by atoms with Gasteiger partial charge >= 0.3 is 5.97 Å². The summed E-state index contributed by atoms with van der Waals surface area (Å²) in [6.07, 6.45) is 0. The fourth-order valence-electron chi connectivity index (χ4n) is 3.38. The van der Waals surface area contributed by atoms with Crippen molar-refractivity contribution in [1.29, 1.82) is 0 Å². The van der Waals surface area contributed by atoms with Crippen LogP contribution in [0.15, 0.2) is 0 Å². The van der Waals surface area contributed by atoms with Crippen LogP contribution in [0.2, 0.25) is 0 Å². The van der Waals surface area contributed by atoms with Crippen LogP contribution in [0.3, 0.4) is 0 Å². The van der Waals surface area contributed by atoms with Crippen molar-refractivity contribution in [3.8, 4) is 0 Å². The van der Waals surface area contributed by atoms with E-state index in [4.69, 9.17) is 5.11 Å². The number of carbonyl (C=O) groups is 2. The van der Waals surface area contributed by atoms with Crippen molar-refractivity contribution < 1.29 is 14.7 Å². The average Bonchev–Trinajstić information content (AvgIpc) is 2.88. The van der Waals surface area contributed by atoms with E-state index in [1.54, 1.807) is 0 Å². The minimum Gasteiger partial charge on any atom is -0.481 e. The molecule has 0 bridgehead atoms. The van der Waals surface area contributed by atoms with Gasteiger partial charge in [0.1, 0.15) is 0 Å². The predicted octanol–water partition coefficient (Wildman–Crippen LogP) is 1.89. The van der Waals surface area contributed by atoms with Crippen LogP contribution in [0.1, 0.15) is 41.5 Å². The van der Waals surface area contributed by atoms with Crippen LogP contribution in [0, 0.1) is 28.1 Å². The Kier molecular flexibility index (Phi) is 2.44.